The fourth-order valence-electron chi connectivity index (χ4n) is 11.9. The summed E-state index contributed by atoms with van der Waals surface area (Å²) in [5.74, 6) is 0. The average Bonchev–Trinajstić information content (AvgIpc) is 0.881. The predicted molar refractivity (Wildman–Crippen MR) is 376 cm³/mol. The minimum atomic E-state index is -5.39. The van der Waals surface area contributed by atoms with Crippen LogP contribution in [-0.2, 0) is 14.7 Å². The fourth-order valence-corrected chi connectivity index (χ4v) is 12.6. The molecule has 0 saturated heterocycles. The largest absolute Gasteiger partial charge is 0.472 e. The third-order valence-corrected chi connectivity index (χ3v) is 17.9. The van der Waals surface area contributed by atoms with Crippen LogP contribution in [0.4, 0.5) is 38.9 Å². The van der Waals surface area contributed by atoms with Crippen LogP contribution in [0, 0.1) is 0 Å². The second-order valence-electron chi connectivity index (χ2n) is 23.1. The number of nitrogens with zero attached hydrogens (tertiary/aromatic N) is 6. The highest BCUT2D eigenvalue weighted by atomic mass is 31.2. The molecule has 4 atom stereocenters. The van der Waals surface area contributed by atoms with Crippen LogP contribution in [0.1, 0.15) is 89.5 Å². The lowest BCUT2D eigenvalue weighted by molar-refractivity contribution is 0.132. The number of benzene rings is 6. The van der Waals surface area contributed by atoms with E-state index in [-0.39, 0.29) is 34.6 Å². The number of aromatic amines is 4. The average molecular weight is 1270 g/mol. The summed E-state index contributed by atoms with van der Waals surface area (Å²) >= 11 is 0. The van der Waals surface area contributed by atoms with Gasteiger partial charge < -0.3 is 39.4 Å². The van der Waals surface area contributed by atoms with Crippen LogP contribution in [0.25, 0.3) is 27.1 Å². The molecule has 21 nitrogen and oxygen atoms in total. The van der Waals surface area contributed by atoms with Gasteiger partial charge >= 0.3 is 13.3 Å². The Bertz CT molecular complexity index is 4130. The van der Waals surface area contributed by atoms with Crippen LogP contribution in [0.2, 0.25) is 0 Å². The highest BCUT2D eigenvalue weighted by Crippen LogP contribution is 2.53. The Morgan fingerprint density at radius 1 is 0.522 bits per heavy atom. The van der Waals surface area contributed by atoms with Crippen molar-refractivity contribution >= 4 is 74.5 Å². The molecule has 6 aromatic carbocycles. The van der Waals surface area contributed by atoms with E-state index in [1.165, 1.54) is 0 Å². The molecule has 92 heavy (non-hydrogen) atoms. The van der Waals surface area contributed by atoms with Crippen molar-refractivity contribution < 1.29 is 23.9 Å². The molecular weight excluding hydrogens is 1180 g/mol. The minimum Gasteiger partial charge on any atom is -0.472 e. The van der Waals surface area contributed by atoms with Crippen molar-refractivity contribution in [2.24, 2.45) is 0 Å². The Hall–Kier alpha value is -8.98. The quantitative estimate of drug-likeness (QED) is 0.0108. The smallest absolute Gasteiger partial charge is 0.437 e. The second kappa shape index (κ2) is 31.4. The second-order valence-corrected chi connectivity index (χ2v) is 24.7. The third kappa shape index (κ3) is 16.0. The van der Waals surface area contributed by atoms with E-state index in [2.05, 4.69) is 116 Å². The molecule has 0 bridgehead atoms. The number of likely N-dealkylation sites (N-methyl/N-ethyl adjacent to an activating group) is 2. The van der Waals surface area contributed by atoms with E-state index in [0.717, 1.165) is 83.1 Å². The SMILES string of the molecule is CCCC(NCCN(CC)c1ccc(/C(=C/C=C/C(OP(=O)(O)C(=O)O)(c2ccc(N(C)C)cc2)c2ccc(N(CC)CCNC(CCC)N(CC)c3ccc4c(=O)[nH][nH]c(=O)c4c3)cc2)c2ccc(N(C)C)cc2)cc1)N(CC)c1ccc2c(=O)[nH][nH]c(=O)c2c1. The number of allylic oxidation sites excluding steroid dienone is 2. The molecule has 0 spiro atoms. The number of nitrogens with one attached hydrogen (secondary N) is 6. The molecule has 22 heteroatoms. The standard InChI is InChI=1S/C70H89N12O9P/c1-11-18-63(81(15-5)56-37-39-59-61(46-56)67(85)75-73-65(59)83)71-42-44-79(13-3)54-31-23-49(24-32-54)58(48-21-29-52(30-22-48)77(7)8)20-17-41-70(91-92(89,90)69(87)88,50-25-33-53(34-26-50)78(9)10)51-27-35-55(36-28-51)80(14-4)45-43-72-64(19-12-2)82(16-6)57-38-40-60-62(47-57)68(86)76-74-66(60)84/h17,20-41,46-47,63-64,71-72H,11-16,18-19,42-45H2,1-10H3,(H,73,83)(H,74,84)(H,75,85)(H,76,86)(H,87,88)(H,89,90)/b41-17+,58-20+. The van der Waals surface area contributed by atoms with Crippen molar-refractivity contribution in [2.45, 2.75) is 85.2 Å². The first-order valence-electron chi connectivity index (χ1n) is 31.6. The molecule has 0 aliphatic rings. The van der Waals surface area contributed by atoms with Crippen LogP contribution in [0.15, 0.2) is 171 Å². The van der Waals surface area contributed by atoms with Crippen LogP contribution >= 0.6 is 7.60 Å². The van der Waals surface area contributed by atoms with Gasteiger partial charge in [0, 0.05) is 115 Å². The van der Waals surface area contributed by atoms with E-state index in [1.807, 2.05) is 117 Å². The van der Waals surface area contributed by atoms with E-state index in [9.17, 15) is 38.5 Å². The van der Waals surface area contributed by atoms with E-state index in [4.69, 9.17) is 4.52 Å². The van der Waals surface area contributed by atoms with Gasteiger partial charge in [-0.15, -0.1) is 0 Å². The zero-order valence-corrected chi connectivity index (χ0v) is 55.4. The number of hydrogen-bond donors (Lipinski definition) is 8. The molecule has 2 aromatic heterocycles. The van der Waals surface area contributed by atoms with Gasteiger partial charge in [0.25, 0.3) is 22.2 Å². The van der Waals surface area contributed by atoms with Gasteiger partial charge in [0.1, 0.15) is 5.60 Å². The summed E-state index contributed by atoms with van der Waals surface area (Å²) in [6.45, 7) is 17.8. The van der Waals surface area contributed by atoms with Gasteiger partial charge in [-0.05, 0) is 159 Å². The zero-order chi connectivity index (χ0) is 66.3. The van der Waals surface area contributed by atoms with Crippen LogP contribution in [0.5, 0.6) is 0 Å². The van der Waals surface area contributed by atoms with E-state index < -0.39 is 18.9 Å². The molecular formula is C70H89N12O9P. The number of rotatable bonds is 33. The number of carbonyl (C=O) groups is 1. The van der Waals surface area contributed by atoms with Crippen LogP contribution in [-0.4, -0.2) is 129 Å². The predicted octanol–water partition coefficient (Wildman–Crippen LogP) is 10.8. The molecule has 4 unspecified atom stereocenters. The molecule has 0 aliphatic carbocycles. The molecule has 2 heterocycles. The Labute approximate surface area is 537 Å². The van der Waals surface area contributed by atoms with Crippen molar-refractivity contribution in [3.63, 3.8) is 0 Å². The lowest BCUT2D eigenvalue weighted by Gasteiger charge is -2.35. The van der Waals surface area contributed by atoms with Crippen LogP contribution in [0.3, 0.4) is 0 Å². The maximum Gasteiger partial charge on any atom is 0.437 e. The molecule has 8 aromatic rings. The molecule has 8 rings (SSSR count). The van der Waals surface area contributed by atoms with Crippen molar-refractivity contribution in [2.75, 3.05) is 110 Å². The number of hydrogen-bond acceptors (Lipinski definition) is 15. The first-order valence-corrected chi connectivity index (χ1v) is 33.2. The summed E-state index contributed by atoms with van der Waals surface area (Å²) in [6.07, 6.45) is 8.67. The summed E-state index contributed by atoms with van der Waals surface area (Å²) in [4.78, 5) is 87.4. The topological polar surface area (TPSA) is 259 Å². The number of anilines is 6. The molecule has 0 radical (unpaired) electrons. The summed E-state index contributed by atoms with van der Waals surface area (Å²) in [7, 11) is 2.37. The maximum atomic E-state index is 14.0. The lowest BCUT2D eigenvalue weighted by atomic mass is 9.85. The molecule has 488 valence electrons. The van der Waals surface area contributed by atoms with E-state index in [1.54, 1.807) is 48.6 Å². The molecule has 0 aliphatic heterocycles. The first-order chi connectivity index (χ1) is 44.2. The summed E-state index contributed by atoms with van der Waals surface area (Å²) in [5.41, 5.74) is 3.45. The molecule has 8 N–H and O–H groups in total. The number of carboxylic acid groups (broad SMARTS) is 1. The summed E-state index contributed by atoms with van der Waals surface area (Å²) in [6, 6.07) is 41.9. The fraction of sp³-hybridized carbons (Fsp3) is 0.357. The highest BCUT2D eigenvalue weighted by Gasteiger charge is 2.44. The van der Waals surface area contributed by atoms with Gasteiger partial charge in [0.2, 0.25) is 0 Å². The maximum absolute atomic E-state index is 14.0. The minimum absolute atomic E-state index is 0.0390. The van der Waals surface area contributed by atoms with Crippen molar-refractivity contribution in [3.05, 3.63) is 215 Å². The third-order valence-electron chi connectivity index (χ3n) is 16.9. The lowest BCUT2D eigenvalue weighted by Crippen LogP contribution is -2.48. The monoisotopic (exact) mass is 1270 g/mol. The van der Waals surface area contributed by atoms with E-state index in [0.29, 0.717) is 78.5 Å². The van der Waals surface area contributed by atoms with Crippen LogP contribution < -0.4 is 62.3 Å². The van der Waals surface area contributed by atoms with Gasteiger partial charge in [0.05, 0.1) is 33.9 Å². The van der Waals surface area contributed by atoms with E-state index >= 15 is 0 Å². The van der Waals surface area contributed by atoms with Gasteiger partial charge in [-0.2, -0.15) is 0 Å². The zero-order valence-electron chi connectivity index (χ0n) is 54.5. The van der Waals surface area contributed by atoms with Gasteiger partial charge in [-0.3, -0.25) is 54.7 Å². The number of fused-ring (bicyclic) bond motifs is 2. The van der Waals surface area contributed by atoms with Gasteiger partial charge in [-0.1, -0.05) is 87.4 Å². The number of H-pyrrole nitrogens is 4. The number of aromatic nitrogens is 4. The van der Waals surface area contributed by atoms with Crippen molar-refractivity contribution in [1.82, 2.24) is 31.0 Å². The van der Waals surface area contributed by atoms with Gasteiger partial charge in [0.15, 0.2) is 0 Å². The summed E-state index contributed by atoms with van der Waals surface area (Å²) in [5, 5.41) is 28.8. The Kier molecular flexibility index (Phi) is 23.5. The van der Waals surface area contributed by atoms with Gasteiger partial charge in [-0.25, -0.2) is 9.36 Å². The Morgan fingerprint density at radius 3 is 1.24 bits per heavy atom. The normalized spacial score (nSPS) is 13.8. The first kappa shape index (κ1) is 68.9. The molecule has 0 fully saturated rings. The Morgan fingerprint density at radius 2 is 0.880 bits per heavy atom. The van der Waals surface area contributed by atoms with Crippen molar-refractivity contribution in [1.29, 1.82) is 0 Å². The summed E-state index contributed by atoms with van der Waals surface area (Å²) < 4.78 is 20.2. The molecule has 0 saturated carbocycles. The van der Waals surface area contributed by atoms with Crippen molar-refractivity contribution in [3.8, 4) is 0 Å². The Balaban J connectivity index is 1.10. The molecule has 0 amide bonds. The highest BCUT2D eigenvalue weighted by molar-refractivity contribution is 7.70.